The Balaban J connectivity index is 1.52. The summed E-state index contributed by atoms with van der Waals surface area (Å²) in [6, 6.07) is 7.44. The Morgan fingerprint density at radius 3 is 2.47 bits per heavy atom. The number of hydrogen-bond acceptors (Lipinski definition) is 7. The molecule has 4 heterocycles. The van der Waals surface area contributed by atoms with Crippen molar-refractivity contribution in [3.63, 3.8) is 0 Å². The van der Waals surface area contributed by atoms with Gasteiger partial charge in [-0.1, -0.05) is 12.1 Å². The van der Waals surface area contributed by atoms with Crippen LogP contribution in [0.5, 0.6) is 0 Å². The van der Waals surface area contributed by atoms with E-state index in [0.29, 0.717) is 17.2 Å². The third kappa shape index (κ3) is 3.22. The molecular formula is C21H22N8O3. The number of nitrogens with zero attached hydrogens (tertiary/aromatic N) is 7. The van der Waals surface area contributed by atoms with Crippen molar-refractivity contribution < 1.29 is 4.79 Å². The fourth-order valence-electron chi connectivity index (χ4n) is 4.07. The van der Waals surface area contributed by atoms with Crippen LogP contribution in [0.4, 0.5) is 11.6 Å². The molecule has 1 aliphatic rings. The molecule has 5 rings (SSSR count). The Morgan fingerprint density at radius 2 is 1.75 bits per heavy atom. The van der Waals surface area contributed by atoms with Crippen LogP contribution in [0, 0.1) is 0 Å². The third-order valence-electron chi connectivity index (χ3n) is 5.72. The van der Waals surface area contributed by atoms with Gasteiger partial charge in [0.05, 0.1) is 17.4 Å². The maximum Gasteiger partial charge on any atom is 0.332 e. The predicted molar refractivity (Wildman–Crippen MR) is 120 cm³/mol. The highest BCUT2D eigenvalue weighted by atomic mass is 16.2. The fraction of sp³-hybridized carbons (Fsp3) is 0.333. The first kappa shape index (κ1) is 19.9. The molecule has 1 aromatic carbocycles. The highest BCUT2D eigenvalue weighted by Crippen LogP contribution is 2.27. The Labute approximate surface area is 181 Å². The maximum atomic E-state index is 12.9. The number of benzene rings is 1. The van der Waals surface area contributed by atoms with E-state index in [1.165, 1.54) is 22.5 Å². The van der Waals surface area contributed by atoms with Crippen molar-refractivity contribution in [2.45, 2.75) is 19.4 Å². The Kier molecular flexibility index (Phi) is 4.72. The number of para-hydroxylation sites is 2. The average Bonchev–Trinajstić information content (AvgIpc) is 3.45. The zero-order valence-corrected chi connectivity index (χ0v) is 17.8. The number of carbonyl (C=O) groups excluding carboxylic acids is 1. The molecule has 0 saturated carbocycles. The van der Waals surface area contributed by atoms with Crippen molar-refractivity contribution in [2.75, 3.05) is 23.3 Å². The number of anilines is 2. The first-order valence-electron chi connectivity index (χ1n) is 10.4. The number of aryl methyl sites for hydroxylation is 2. The van der Waals surface area contributed by atoms with Crippen LogP contribution in [0.2, 0.25) is 0 Å². The van der Waals surface area contributed by atoms with E-state index in [-0.39, 0.29) is 11.2 Å². The monoisotopic (exact) mass is 434 g/mol. The molecule has 1 fully saturated rings. The zero-order chi connectivity index (χ0) is 22.4. The van der Waals surface area contributed by atoms with Crippen LogP contribution in [0.3, 0.4) is 0 Å². The lowest BCUT2D eigenvalue weighted by Gasteiger charge is -2.20. The smallest absolute Gasteiger partial charge is 0.332 e. The fourth-order valence-corrected chi connectivity index (χ4v) is 4.07. The highest BCUT2D eigenvalue weighted by Gasteiger charge is 2.22. The van der Waals surface area contributed by atoms with Crippen LogP contribution in [-0.2, 0) is 25.4 Å². The van der Waals surface area contributed by atoms with Crippen molar-refractivity contribution in [3.05, 3.63) is 51.4 Å². The second-order valence-electron chi connectivity index (χ2n) is 7.89. The molecule has 1 N–H and O–H groups in total. The van der Waals surface area contributed by atoms with Crippen molar-refractivity contribution in [2.24, 2.45) is 14.1 Å². The van der Waals surface area contributed by atoms with Crippen LogP contribution in [-0.4, -0.2) is 47.6 Å². The second kappa shape index (κ2) is 7.59. The number of hydrogen-bond donors (Lipinski definition) is 1. The molecule has 32 heavy (non-hydrogen) atoms. The summed E-state index contributed by atoms with van der Waals surface area (Å²) in [4.78, 5) is 54.0. The molecule has 11 heteroatoms. The van der Waals surface area contributed by atoms with E-state index in [1.807, 2.05) is 24.3 Å². The summed E-state index contributed by atoms with van der Waals surface area (Å²) in [5.41, 5.74) is 0.733. The summed E-state index contributed by atoms with van der Waals surface area (Å²) < 4.78 is 3.70. The Bertz CT molecular complexity index is 1480. The van der Waals surface area contributed by atoms with Gasteiger partial charge in [0.15, 0.2) is 22.8 Å². The Hall–Kier alpha value is -4.02. The molecule has 4 aromatic rings. The number of amides is 1. The number of aromatic nitrogens is 6. The van der Waals surface area contributed by atoms with Crippen molar-refractivity contribution in [3.8, 4) is 0 Å². The minimum atomic E-state index is -0.610. The molecular weight excluding hydrogens is 412 g/mol. The van der Waals surface area contributed by atoms with E-state index in [2.05, 4.69) is 20.2 Å². The first-order valence-corrected chi connectivity index (χ1v) is 10.4. The van der Waals surface area contributed by atoms with E-state index < -0.39 is 23.7 Å². The molecule has 1 saturated heterocycles. The van der Waals surface area contributed by atoms with Crippen LogP contribution < -0.4 is 21.5 Å². The minimum Gasteiger partial charge on any atom is -0.354 e. The van der Waals surface area contributed by atoms with Gasteiger partial charge in [0.25, 0.3) is 5.56 Å². The van der Waals surface area contributed by atoms with Gasteiger partial charge in [-0.25, -0.2) is 24.3 Å². The summed E-state index contributed by atoms with van der Waals surface area (Å²) in [7, 11) is 3.18. The van der Waals surface area contributed by atoms with Crippen molar-refractivity contribution in [1.82, 2.24) is 28.7 Å². The minimum absolute atomic E-state index is 0.253. The maximum absolute atomic E-state index is 12.9. The molecule has 1 amide bonds. The van der Waals surface area contributed by atoms with Crippen molar-refractivity contribution >= 4 is 39.7 Å². The lowest BCUT2D eigenvalue weighted by molar-refractivity contribution is -0.116. The highest BCUT2D eigenvalue weighted by molar-refractivity contribution is 5.94. The molecule has 3 aromatic heterocycles. The van der Waals surface area contributed by atoms with Crippen LogP contribution in [0.1, 0.15) is 12.8 Å². The predicted octanol–water partition coefficient (Wildman–Crippen LogP) is 0.616. The summed E-state index contributed by atoms with van der Waals surface area (Å²) in [6.07, 6.45) is 3.54. The van der Waals surface area contributed by atoms with Gasteiger partial charge in [-0.05, 0) is 25.0 Å². The van der Waals surface area contributed by atoms with Gasteiger partial charge >= 0.3 is 5.69 Å². The Morgan fingerprint density at radius 1 is 1.06 bits per heavy atom. The van der Waals surface area contributed by atoms with E-state index in [9.17, 15) is 14.4 Å². The van der Waals surface area contributed by atoms with Gasteiger partial charge < -0.3 is 14.8 Å². The first-order chi connectivity index (χ1) is 15.4. The molecule has 0 aliphatic carbocycles. The zero-order valence-electron chi connectivity index (χ0n) is 17.8. The average molecular weight is 434 g/mol. The summed E-state index contributed by atoms with van der Waals surface area (Å²) in [5, 5.41) is 2.77. The normalized spacial score (nSPS) is 13.9. The molecule has 11 nitrogen and oxygen atoms in total. The van der Waals surface area contributed by atoms with Crippen LogP contribution in [0.15, 0.2) is 40.2 Å². The van der Waals surface area contributed by atoms with Gasteiger partial charge in [-0.2, -0.15) is 0 Å². The largest absolute Gasteiger partial charge is 0.354 e. The van der Waals surface area contributed by atoms with E-state index in [1.54, 1.807) is 7.05 Å². The number of carbonyl (C=O) groups is 1. The van der Waals surface area contributed by atoms with Crippen LogP contribution in [0.25, 0.3) is 22.2 Å². The number of fused-ring (bicyclic) bond motifs is 2. The SMILES string of the molecule is Cn1cnc2c1c(=O)n(CC(=O)Nc1nc3ccccc3nc1N1CCCC1)c(=O)n2C. The molecule has 0 spiro atoms. The summed E-state index contributed by atoms with van der Waals surface area (Å²) in [6.45, 7) is 1.21. The van der Waals surface area contributed by atoms with E-state index in [0.717, 1.165) is 36.0 Å². The summed E-state index contributed by atoms with van der Waals surface area (Å²) >= 11 is 0. The lowest BCUT2D eigenvalue weighted by atomic mass is 10.3. The summed E-state index contributed by atoms with van der Waals surface area (Å²) in [5.74, 6) is 0.384. The second-order valence-corrected chi connectivity index (χ2v) is 7.89. The van der Waals surface area contributed by atoms with Gasteiger partial charge in [0, 0.05) is 27.2 Å². The van der Waals surface area contributed by atoms with Crippen molar-refractivity contribution in [1.29, 1.82) is 0 Å². The topological polar surface area (TPSA) is 120 Å². The van der Waals surface area contributed by atoms with Gasteiger partial charge in [0.2, 0.25) is 5.91 Å². The van der Waals surface area contributed by atoms with Crippen LogP contribution >= 0.6 is 0 Å². The number of rotatable bonds is 4. The third-order valence-corrected chi connectivity index (χ3v) is 5.72. The molecule has 0 bridgehead atoms. The standard InChI is InChI=1S/C21H22N8O3/c1-26-12-22-18-16(26)20(31)29(21(32)27(18)2)11-15(30)25-17-19(28-9-5-6-10-28)24-14-8-4-3-7-13(14)23-17/h3-4,7-8,12H,5-6,9-11H2,1-2H3,(H,23,25,30). The lowest BCUT2D eigenvalue weighted by Crippen LogP contribution is -2.42. The van der Waals surface area contributed by atoms with Gasteiger partial charge in [-0.3, -0.25) is 14.2 Å². The molecule has 0 unspecified atom stereocenters. The molecule has 164 valence electrons. The molecule has 1 aliphatic heterocycles. The van der Waals surface area contributed by atoms with E-state index >= 15 is 0 Å². The van der Waals surface area contributed by atoms with Gasteiger partial charge in [0.1, 0.15) is 6.54 Å². The quantitative estimate of drug-likeness (QED) is 0.500. The number of nitrogens with one attached hydrogen (secondary N) is 1. The molecule has 0 atom stereocenters. The number of imidazole rings is 1. The van der Waals surface area contributed by atoms with Gasteiger partial charge in [-0.15, -0.1) is 0 Å². The molecule has 0 radical (unpaired) electrons. The van der Waals surface area contributed by atoms with E-state index in [4.69, 9.17) is 4.98 Å².